The number of nitrogens with zero attached hydrogens (tertiary/aromatic N) is 1. The Morgan fingerprint density at radius 1 is 1.12 bits per heavy atom. The highest BCUT2D eigenvalue weighted by molar-refractivity contribution is 7.89. The predicted molar refractivity (Wildman–Crippen MR) is 94.1 cm³/mol. The molecule has 0 aliphatic carbocycles. The monoisotopic (exact) mass is 380 g/mol. The highest BCUT2D eigenvalue weighted by atomic mass is 35.5. The number of halogens is 1. The van der Waals surface area contributed by atoms with Crippen molar-refractivity contribution in [2.45, 2.75) is 11.4 Å². The van der Waals surface area contributed by atoms with E-state index in [-0.39, 0.29) is 16.5 Å². The first kappa shape index (κ1) is 16.9. The topological polar surface area (TPSA) is 68.3 Å². The summed E-state index contributed by atoms with van der Waals surface area (Å²) in [6, 6.07) is 13.4. The Labute approximate surface area is 148 Å². The van der Waals surface area contributed by atoms with Gasteiger partial charge in [-0.15, -0.1) is 0 Å². The normalized spacial score (nSPS) is 11.4. The van der Waals surface area contributed by atoms with Gasteiger partial charge in [0.1, 0.15) is 10.6 Å². The Balaban J connectivity index is 1.65. The molecule has 1 N–H and O–H groups in total. The first-order valence-corrected chi connectivity index (χ1v) is 9.69. The summed E-state index contributed by atoms with van der Waals surface area (Å²) in [7, 11) is -3.66. The molecule has 0 bridgehead atoms. The summed E-state index contributed by atoms with van der Waals surface area (Å²) in [6.07, 6.45) is 1.66. The Morgan fingerprint density at radius 2 is 1.88 bits per heavy atom. The highest BCUT2D eigenvalue weighted by Gasteiger charge is 2.16. The van der Waals surface area contributed by atoms with Gasteiger partial charge in [0.15, 0.2) is 0 Å². The summed E-state index contributed by atoms with van der Waals surface area (Å²) in [4.78, 5) is 4.10. The summed E-state index contributed by atoms with van der Waals surface area (Å²) in [5.74, 6) is 0.641. The van der Waals surface area contributed by atoms with E-state index in [1.165, 1.54) is 17.4 Å². The molecule has 5 nitrogen and oxygen atoms in total. The van der Waals surface area contributed by atoms with E-state index in [9.17, 15) is 8.42 Å². The van der Waals surface area contributed by atoms with Crippen LogP contribution in [0, 0.1) is 0 Å². The van der Waals surface area contributed by atoms with Crippen LogP contribution < -0.4 is 9.46 Å². The average Bonchev–Trinajstić information content (AvgIpc) is 3.07. The van der Waals surface area contributed by atoms with Crippen LogP contribution in [0.1, 0.15) is 5.56 Å². The van der Waals surface area contributed by atoms with Crippen molar-refractivity contribution < 1.29 is 13.2 Å². The van der Waals surface area contributed by atoms with E-state index in [4.69, 9.17) is 16.3 Å². The fourth-order valence-corrected chi connectivity index (χ4v) is 3.99. The van der Waals surface area contributed by atoms with Crippen LogP contribution in [0.15, 0.2) is 65.0 Å². The lowest BCUT2D eigenvalue weighted by molar-refractivity contribution is 0.478. The third kappa shape index (κ3) is 4.12. The molecule has 0 saturated carbocycles. The molecule has 1 heterocycles. The van der Waals surface area contributed by atoms with Crippen molar-refractivity contribution in [1.29, 1.82) is 0 Å². The van der Waals surface area contributed by atoms with Gasteiger partial charge in [-0.05, 0) is 29.8 Å². The van der Waals surface area contributed by atoms with Crippen molar-refractivity contribution in [2.24, 2.45) is 0 Å². The number of hydrogen-bond donors (Lipinski definition) is 1. The number of ether oxygens (including phenoxy) is 1. The van der Waals surface area contributed by atoms with Crippen molar-refractivity contribution in [1.82, 2.24) is 9.71 Å². The Morgan fingerprint density at radius 3 is 2.54 bits per heavy atom. The molecule has 0 amide bonds. The lowest BCUT2D eigenvalue weighted by Gasteiger charge is -2.09. The molecule has 0 spiro atoms. The van der Waals surface area contributed by atoms with Gasteiger partial charge < -0.3 is 4.74 Å². The van der Waals surface area contributed by atoms with Crippen molar-refractivity contribution in [2.75, 3.05) is 0 Å². The molecule has 2 aromatic carbocycles. The maximum absolute atomic E-state index is 12.3. The van der Waals surface area contributed by atoms with E-state index in [1.807, 2.05) is 5.38 Å². The Kier molecular flexibility index (Phi) is 5.15. The molecule has 0 fully saturated rings. The van der Waals surface area contributed by atoms with Crippen LogP contribution in [-0.2, 0) is 16.6 Å². The molecule has 3 rings (SSSR count). The summed E-state index contributed by atoms with van der Waals surface area (Å²) in [5.41, 5.74) is 0.803. The minimum Gasteiger partial charge on any atom is -0.431 e. The molecule has 0 saturated heterocycles. The summed E-state index contributed by atoms with van der Waals surface area (Å²) in [6.45, 7) is 0.158. The third-order valence-corrected chi connectivity index (χ3v) is 5.68. The minimum absolute atomic E-state index is 0.0652. The quantitative estimate of drug-likeness (QED) is 0.700. The lowest BCUT2D eigenvalue weighted by atomic mass is 10.2. The van der Waals surface area contributed by atoms with E-state index in [0.29, 0.717) is 10.9 Å². The Bertz CT molecular complexity index is 911. The van der Waals surface area contributed by atoms with Crippen LogP contribution in [0.3, 0.4) is 0 Å². The van der Waals surface area contributed by atoms with Crippen molar-refractivity contribution >= 4 is 33.0 Å². The Hall–Kier alpha value is -1.93. The number of hydrogen-bond acceptors (Lipinski definition) is 5. The summed E-state index contributed by atoms with van der Waals surface area (Å²) in [5, 5.41) is 2.58. The predicted octanol–water partition coefficient (Wildman–Crippen LogP) is 4.07. The molecule has 24 heavy (non-hydrogen) atoms. The molecule has 3 aromatic rings. The van der Waals surface area contributed by atoms with Gasteiger partial charge in [0, 0.05) is 18.1 Å². The van der Waals surface area contributed by atoms with Gasteiger partial charge in [0.05, 0.1) is 5.02 Å². The molecule has 0 atom stereocenters. The first-order valence-electron chi connectivity index (χ1n) is 6.95. The van der Waals surface area contributed by atoms with Gasteiger partial charge in [0.25, 0.3) is 5.19 Å². The van der Waals surface area contributed by atoms with Crippen LogP contribution >= 0.6 is 22.9 Å². The number of sulfonamides is 1. The smallest absolute Gasteiger partial charge is 0.278 e. The first-order chi connectivity index (χ1) is 11.5. The van der Waals surface area contributed by atoms with Crippen molar-refractivity contribution in [3.8, 4) is 10.9 Å². The van der Waals surface area contributed by atoms with E-state index in [0.717, 1.165) is 5.56 Å². The van der Waals surface area contributed by atoms with Crippen LogP contribution in [0.5, 0.6) is 10.9 Å². The molecule has 0 aliphatic rings. The summed E-state index contributed by atoms with van der Waals surface area (Å²) >= 11 is 7.34. The number of aromatic nitrogens is 1. The molecule has 124 valence electrons. The molecular weight excluding hydrogens is 368 g/mol. The van der Waals surface area contributed by atoms with Crippen LogP contribution in [0.2, 0.25) is 5.02 Å². The van der Waals surface area contributed by atoms with Gasteiger partial charge in [-0.1, -0.05) is 47.2 Å². The zero-order valence-electron chi connectivity index (χ0n) is 12.3. The van der Waals surface area contributed by atoms with E-state index in [2.05, 4.69) is 9.71 Å². The molecule has 0 radical (unpaired) electrons. The van der Waals surface area contributed by atoms with Crippen LogP contribution in [-0.4, -0.2) is 13.4 Å². The van der Waals surface area contributed by atoms with E-state index in [1.54, 1.807) is 48.7 Å². The van der Waals surface area contributed by atoms with Gasteiger partial charge in [-0.25, -0.2) is 18.1 Å². The molecule has 1 aromatic heterocycles. The molecule has 0 unspecified atom stereocenters. The van der Waals surface area contributed by atoms with Gasteiger partial charge in [-0.2, -0.15) is 0 Å². The number of benzene rings is 2. The average molecular weight is 381 g/mol. The van der Waals surface area contributed by atoms with Gasteiger partial charge in [0.2, 0.25) is 10.0 Å². The fraction of sp³-hybridized carbons (Fsp3) is 0.0625. The second-order valence-corrected chi connectivity index (χ2v) is 7.80. The van der Waals surface area contributed by atoms with Gasteiger partial charge >= 0.3 is 0 Å². The lowest BCUT2D eigenvalue weighted by Crippen LogP contribution is -2.23. The highest BCUT2D eigenvalue weighted by Crippen LogP contribution is 2.24. The standard InChI is InChI=1S/C16H13ClN2O3S2/c17-14-3-1-2-4-15(14)24(20,21)19-11-12-5-7-13(8-6-12)22-16-18-9-10-23-16/h1-10,19H,11H2. The molecule has 0 aliphatic heterocycles. The largest absolute Gasteiger partial charge is 0.431 e. The second-order valence-electron chi connectivity index (χ2n) is 4.80. The third-order valence-electron chi connectivity index (χ3n) is 3.13. The SMILES string of the molecule is O=S(=O)(NCc1ccc(Oc2nccs2)cc1)c1ccccc1Cl. The fourth-order valence-electron chi connectivity index (χ4n) is 1.96. The maximum atomic E-state index is 12.3. The summed E-state index contributed by atoms with van der Waals surface area (Å²) < 4.78 is 32.6. The minimum atomic E-state index is -3.66. The van der Waals surface area contributed by atoms with E-state index < -0.39 is 10.0 Å². The zero-order valence-corrected chi connectivity index (χ0v) is 14.7. The van der Waals surface area contributed by atoms with Crippen molar-refractivity contribution in [3.63, 3.8) is 0 Å². The molecule has 8 heteroatoms. The zero-order chi connectivity index (χ0) is 17.0. The van der Waals surface area contributed by atoms with Crippen molar-refractivity contribution in [3.05, 3.63) is 70.7 Å². The second kappa shape index (κ2) is 7.31. The number of rotatable bonds is 6. The molecular formula is C16H13ClN2O3S2. The number of nitrogens with one attached hydrogen (secondary N) is 1. The maximum Gasteiger partial charge on any atom is 0.278 e. The van der Waals surface area contributed by atoms with E-state index >= 15 is 0 Å². The number of thiazole rings is 1. The van der Waals surface area contributed by atoms with Gasteiger partial charge in [-0.3, -0.25) is 0 Å². The van der Waals surface area contributed by atoms with Crippen LogP contribution in [0.25, 0.3) is 0 Å². The van der Waals surface area contributed by atoms with Crippen LogP contribution in [0.4, 0.5) is 0 Å².